The monoisotopic (exact) mass is 680 g/mol. The van der Waals surface area contributed by atoms with E-state index in [4.69, 9.17) is 16.3 Å². The van der Waals surface area contributed by atoms with Crippen LogP contribution in [0.4, 0.5) is 0 Å². The highest BCUT2D eigenvalue weighted by Gasteiger charge is 2.49. The molecule has 2 saturated heterocycles. The molecule has 0 spiro atoms. The fraction of sp³-hybridized carbons (Fsp3) is 0.867. The first kappa shape index (κ1) is 33.9. The van der Waals surface area contributed by atoms with E-state index in [1.54, 1.807) is 0 Å². The Morgan fingerprint density at radius 2 is 1.72 bits per heavy atom. The third-order valence-corrected chi connectivity index (χ3v) is 13.8. The number of hydrogen-bond acceptors (Lipinski definition) is 8. The lowest BCUT2D eigenvalue weighted by Crippen LogP contribution is -2.48. The number of unbranched alkanes of at least 4 members (excludes halogenated alkanes) is 1. The molecule has 0 radical (unpaired) electrons. The highest BCUT2D eigenvalue weighted by molar-refractivity contribution is 8.00. The zero-order valence-electron chi connectivity index (χ0n) is 25.2. The van der Waals surface area contributed by atoms with Crippen molar-refractivity contribution < 1.29 is 30.7 Å². The minimum atomic E-state index is -4.03. The summed E-state index contributed by atoms with van der Waals surface area (Å²) in [5.41, 5.74) is 1.16. The van der Waals surface area contributed by atoms with Gasteiger partial charge in [0.05, 0.1) is 22.9 Å². The number of hydrogen-bond donors (Lipinski definition) is 2. The van der Waals surface area contributed by atoms with Crippen LogP contribution < -0.4 is 0 Å². The number of rotatable bonds is 12. The molecule has 5 fully saturated rings. The molecule has 0 bridgehead atoms. The van der Waals surface area contributed by atoms with Crippen LogP contribution >= 0.6 is 23.4 Å². The number of halogens is 1. The van der Waals surface area contributed by atoms with E-state index < -0.39 is 20.2 Å². The smallest absolute Gasteiger partial charge is 0.264 e. The van der Waals surface area contributed by atoms with Crippen LogP contribution in [0.3, 0.4) is 0 Å². The average molecular weight is 681 g/mol. The summed E-state index contributed by atoms with van der Waals surface area (Å²) >= 11 is 8.58. The molecule has 0 aromatic carbocycles. The SMILES string of the molecule is CCC(/C=C1\OC2CCC3CCCCC3C2N1CCCS(=O)(=O)O)=C\C1SC2CCC(Cl)CC2N1CCCCS(=O)(=O)O. The average Bonchev–Trinajstić information content (AvgIpc) is 3.46. The molecule has 13 heteroatoms. The number of alkyl halides is 1. The van der Waals surface area contributed by atoms with E-state index in [1.807, 2.05) is 11.8 Å². The summed E-state index contributed by atoms with van der Waals surface area (Å²) < 4.78 is 70.9. The van der Waals surface area contributed by atoms with Crippen molar-refractivity contribution in [3.8, 4) is 0 Å². The maximum absolute atomic E-state index is 11.5. The van der Waals surface area contributed by atoms with E-state index in [9.17, 15) is 25.9 Å². The van der Waals surface area contributed by atoms with Crippen molar-refractivity contribution in [2.24, 2.45) is 11.8 Å². The van der Waals surface area contributed by atoms with Gasteiger partial charge in [0, 0.05) is 29.3 Å². The Hall–Kier alpha value is -0.500. The van der Waals surface area contributed by atoms with Gasteiger partial charge >= 0.3 is 0 Å². The molecule has 0 aromatic heterocycles. The second-order valence-corrected chi connectivity index (χ2v) is 18.2. The molecular weight excluding hydrogens is 632 g/mol. The second kappa shape index (κ2) is 14.5. The molecule has 2 heterocycles. The topological polar surface area (TPSA) is 124 Å². The van der Waals surface area contributed by atoms with Crippen LogP contribution in [0.2, 0.25) is 0 Å². The Labute approximate surface area is 267 Å². The molecule has 246 valence electrons. The first-order valence-electron chi connectivity index (χ1n) is 16.2. The fourth-order valence-corrected chi connectivity index (χ4v) is 11.4. The maximum Gasteiger partial charge on any atom is 0.264 e. The van der Waals surface area contributed by atoms with Crippen molar-refractivity contribution in [1.82, 2.24) is 9.80 Å². The lowest BCUT2D eigenvalue weighted by atomic mass is 9.67. The molecule has 8 atom stereocenters. The van der Waals surface area contributed by atoms with E-state index >= 15 is 0 Å². The standard InChI is InChI=1S/C30H49ClN2O7S3/c1-2-21(19-29-32(14-5-6-16-42(34,35)36)25-20-23(31)11-13-27(25)41-29)18-28-33(15-7-17-43(37,38)39)30-24-9-4-3-8-22(24)10-12-26(30)40-28/h18-19,22-27,29-30H,2-17,20H2,1H3,(H,34,35,36)(H,37,38,39)/b21-19+,28-18-. The van der Waals surface area contributed by atoms with Crippen molar-refractivity contribution in [2.75, 3.05) is 24.6 Å². The van der Waals surface area contributed by atoms with Crippen LogP contribution in [0.5, 0.6) is 0 Å². The Morgan fingerprint density at radius 3 is 2.47 bits per heavy atom. The first-order chi connectivity index (χ1) is 20.4. The molecule has 8 unspecified atom stereocenters. The van der Waals surface area contributed by atoms with Crippen molar-refractivity contribution in [3.05, 3.63) is 23.6 Å². The second-order valence-electron chi connectivity index (χ2n) is 13.1. The molecule has 5 aliphatic rings. The van der Waals surface area contributed by atoms with Gasteiger partial charge < -0.3 is 9.64 Å². The largest absolute Gasteiger partial charge is 0.474 e. The number of nitrogens with zero attached hydrogens (tertiary/aromatic N) is 2. The zero-order chi connectivity index (χ0) is 30.8. The molecule has 3 aliphatic carbocycles. The lowest BCUT2D eigenvalue weighted by Gasteiger charge is -2.44. The van der Waals surface area contributed by atoms with Crippen LogP contribution in [0.25, 0.3) is 0 Å². The number of fused-ring (bicyclic) bond motifs is 4. The third-order valence-electron chi connectivity index (χ3n) is 10.2. The molecule has 5 rings (SSSR count). The molecule has 0 amide bonds. The third kappa shape index (κ3) is 8.86. The molecule has 9 nitrogen and oxygen atoms in total. The first-order valence-corrected chi connectivity index (χ1v) is 20.8. The van der Waals surface area contributed by atoms with Crippen molar-refractivity contribution in [1.29, 1.82) is 0 Å². The minimum Gasteiger partial charge on any atom is -0.474 e. The number of ether oxygens (including phenoxy) is 1. The number of thioether (sulfide) groups is 1. The van der Waals surface area contributed by atoms with Gasteiger partial charge in [0.25, 0.3) is 20.2 Å². The van der Waals surface area contributed by atoms with E-state index in [0.717, 1.165) is 50.1 Å². The van der Waals surface area contributed by atoms with Gasteiger partial charge in [-0.2, -0.15) is 16.8 Å². The van der Waals surface area contributed by atoms with E-state index in [0.29, 0.717) is 48.9 Å². The van der Waals surface area contributed by atoms with Crippen molar-refractivity contribution >= 4 is 43.6 Å². The molecule has 43 heavy (non-hydrogen) atoms. The Bertz CT molecular complexity index is 1240. The van der Waals surface area contributed by atoms with Crippen molar-refractivity contribution in [3.63, 3.8) is 0 Å². The Balaban J connectivity index is 1.37. The Morgan fingerprint density at radius 1 is 0.977 bits per heavy atom. The zero-order valence-corrected chi connectivity index (χ0v) is 28.4. The summed E-state index contributed by atoms with van der Waals surface area (Å²) in [6.45, 7) is 3.42. The summed E-state index contributed by atoms with van der Waals surface area (Å²) in [6.07, 6.45) is 17.0. The van der Waals surface area contributed by atoms with Gasteiger partial charge in [-0.3, -0.25) is 14.0 Å². The molecule has 0 aromatic rings. The van der Waals surface area contributed by atoms with Crippen LogP contribution in [0.15, 0.2) is 23.6 Å². The summed E-state index contributed by atoms with van der Waals surface area (Å²) in [6, 6.07) is 0.582. The fourth-order valence-electron chi connectivity index (χ4n) is 8.23. The van der Waals surface area contributed by atoms with Gasteiger partial charge in [-0.25, -0.2) is 0 Å². The van der Waals surface area contributed by atoms with Gasteiger partial charge in [-0.05, 0) is 88.2 Å². The lowest BCUT2D eigenvalue weighted by molar-refractivity contribution is 0.0318. The summed E-state index contributed by atoms with van der Waals surface area (Å²) in [4.78, 5) is 4.79. The predicted octanol–water partition coefficient (Wildman–Crippen LogP) is 5.68. The molecule has 2 N–H and O–H groups in total. The summed E-state index contributed by atoms with van der Waals surface area (Å²) in [5, 5.41) is 0.760. The Kier molecular flexibility index (Phi) is 11.4. The van der Waals surface area contributed by atoms with Crippen LogP contribution in [-0.4, -0.2) is 94.5 Å². The van der Waals surface area contributed by atoms with Crippen LogP contribution in [0, 0.1) is 11.8 Å². The van der Waals surface area contributed by atoms with Gasteiger partial charge in [0.1, 0.15) is 6.10 Å². The highest BCUT2D eigenvalue weighted by atomic mass is 35.5. The minimum absolute atomic E-state index is 0.109. The van der Waals surface area contributed by atoms with Gasteiger partial charge in [-0.15, -0.1) is 23.4 Å². The number of allylic oxidation sites excluding steroid dienone is 2. The molecule has 2 aliphatic heterocycles. The van der Waals surface area contributed by atoms with Crippen LogP contribution in [-0.2, 0) is 25.0 Å². The molecular formula is C30H49ClN2O7S3. The summed E-state index contributed by atoms with van der Waals surface area (Å²) in [5.74, 6) is 1.59. The van der Waals surface area contributed by atoms with Gasteiger partial charge in [0.15, 0.2) is 5.88 Å². The van der Waals surface area contributed by atoms with Gasteiger partial charge in [-0.1, -0.05) is 32.3 Å². The normalized spacial score (nSPS) is 36.3. The van der Waals surface area contributed by atoms with E-state index in [-0.39, 0.29) is 34.4 Å². The van der Waals surface area contributed by atoms with Gasteiger partial charge in [0.2, 0.25) is 0 Å². The van der Waals surface area contributed by atoms with E-state index in [1.165, 1.54) is 32.1 Å². The maximum atomic E-state index is 11.5. The quantitative estimate of drug-likeness (QED) is 0.151. The van der Waals surface area contributed by atoms with Crippen molar-refractivity contribution in [2.45, 2.75) is 125 Å². The molecule has 3 saturated carbocycles. The van der Waals surface area contributed by atoms with E-state index in [2.05, 4.69) is 28.9 Å². The summed E-state index contributed by atoms with van der Waals surface area (Å²) in [7, 11) is -8.00. The highest BCUT2D eigenvalue weighted by Crippen LogP contribution is 2.49. The predicted molar refractivity (Wildman–Crippen MR) is 172 cm³/mol. The van der Waals surface area contributed by atoms with Crippen LogP contribution in [0.1, 0.15) is 90.4 Å².